The van der Waals surface area contributed by atoms with Crippen LogP contribution in [-0.2, 0) is 6.54 Å². The molecule has 3 heteroatoms. The Balaban J connectivity index is 1.67. The van der Waals surface area contributed by atoms with Crippen LogP contribution in [0.25, 0.3) is 0 Å². The van der Waals surface area contributed by atoms with Gasteiger partial charge in [0.05, 0.1) is 0 Å². The second-order valence-corrected chi connectivity index (χ2v) is 7.28. The molecule has 2 nitrogen and oxygen atoms in total. The third-order valence-electron chi connectivity index (χ3n) is 4.77. The van der Waals surface area contributed by atoms with Crippen LogP contribution in [0.3, 0.4) is 0 Å². The summed E-state index contributed by atoms with van der Waals surface area (Å²) in [4.78, 5) is 2.72. The van der Waals surface area contributed by atoms with E-state index in [1.165, 1.54) is 48.7 Å². The lowest BCUT2D eigenvalue weighted by Gasteiger charge is -2.38. The zero-order valence-corrected chi connectivity index (χ0v) is 13.9. The predicted molar refractivity (Wildman–Crippen MR) is 87.8 cm³/mol. The summed E-state index contributed by atoms with van der Waals surface area (Å²) in [5, 5.41) is 3.76. The van der Waals surface area contributed by atoms with Gasteiger partial charge >= 0.3 is 0 Å². The van der Waals surface area contributed by atoms with Crippen LogP contribution in [0, 0.1) is 0 Å². The molecule has 2 bridgehead atoms. The van der Waals surface area contributed by atoms with E-state index in [1.54, 1.807) is 0 Å². The van der Waals surface area contributed by atoms with E-state index < -0.39 is 0 Å². The number of hydrogen-bond donors (Lipinski definition) is 1. The fourth-order valence-corrected chi connectivity index (χ4v) is 4.09. The topological polar surface area (TPSA) is 15.3 Å². The molecule has 2 fully saturated rings. The summed E-state index contributed by atoms with van der Waals surface area (Å²) in [7, 11) is 0. The molecule has 2 aliphatic rings. The first-order chi connectivity index (χ1) is 9.74. The van der Waals surface area contributed by atoms with Crippen molar-refractivity contribution in [1.82, 2.24) is 10.2 Å². The van der Waals surface area contributed by atoms with Crippen molar-refractivity contribution in [3.8, 4) is 0 Å². The maximum Gasteiger partial charge on any atom is 0.0236 e. The van der Waals surface area contributed by atoms with Gasteiger partial charge in [0.15, 0.2) is 0 Å². The van der Waals surface area contributed by atoms with Gasteiger partial charge in [-0.1, -0.05) is 35.0 Å². The number of benzene rings is 1. The molecular formula is C17H25BrN2. The van der Waals surface area contributed by atoms with E-state index in [2.05, 4.69) is 57.3 Å². The fourth-order valence-electron chi connectivity index (χ4n) is 3.83. The van der Waals surface area contributed by atoms with Crippen molar-refractivity contribution in [2.75, 3.05) is 6.54 Å². The van der Waals surface area contributed by atoms with Gasteiger partial charge in [0, 0.05) is 29.1 Å². The highest BCUT2D eigenvalue weighted by Gasteiger charge is 2.35. The molecule has 2 aliphatic heterocycles. The molecular weight excluding hydrogens is 312 g/mol. The Hall–Kier alpha value is -0.380. The lowest BCUT2D eigenvalue weighted by Crippen LogP contribution is -2.48. The molecule has 0 spiro atoms. The fraction of sp³-hybridized carbons (Fsp3) is 0.647. The molecule has 0 radical (unpaired) electrons. The highest BCUT2D eigenvalue weighted by atomic mass is 79.9. The molecule has 0 amide bonds. The van der Waals surface area contributed by atoms with E-state index >= 15 is 0 Å². The SMILES string of the molecule is CCCN(Cc1ccc(Br)cc1)C1CC2CCC(C1)N2. The summed E-state index contributed by atoms with van der Waals surface area (Å²) in [5.41, 5.74) is 1.44. The zero-order valence-electron chi connectivity index (χ0n) is 12.3. The summed E-state index contributed by atoms with van der Waals surface area (Å²) < 4.78 is 1.17. The molecule has 1 aromatic carbocycles. The predicted octanol–water partition coefficient (Wildman–Crippen LogP) is 3.94. The van der Waals surface area contributed by atoms with Gasteiger partial charge in [-0.25, -0.2) is 0 Å². The highest BCUT2D eigenvalue weighted by molar-refractivity contribution is 9.10. The van der Waals surface area contributed by atoms with E-state index in [0.29, 0.717) is 0 Å². The minimum absolute atomic E-state index is 0.775. The third-order valence-corrected chi connectivity index (χ3v) is 5.30. The third kappa shape index (κ3) is 3.44. The lowest BCUT2D eigenvalue weighted by atomic mass is 9.97. The van der Waals surface area contributed by atoms with Gasteiger partial charge in [0.1, 0.15) is 0 Å². The molecule has 2 unspecified atom stereocenters. The Labute approximate surface area is 131 Å². The lowest BCUT2D eigenvalue weighted by molar-refractivity contribution is 0.134. The van der Waals surface area contributed by atoms with Crippen LogP contribution in [0.1, 0.15) is 44.6 Å². The second kappa shape index (κ2) is 6.59. The van der Waals surface area contributed by atoms with Crippen molar-refractivity contribution < 1.29 is 0 Å². The summed E-state index contributed by atoms with van der Waals surface area (Å²) in [6, 6.07) is 11.2. The molecule has 20 heavy (non-hydrogen) atoms. The van der Waals surface area contributed by atoms with Gasteiger partial charge in [-0.2, -0.15) is 0 Å². The van der Waals surface area contributed by atoms with E-state index in [1.807, 2.05) is 0 Å². The molecule has 0 saturated carbocycles. The molecule has 0 aromatic heterocycles. The van der Waals surface area contributed by atoms with Crippen molar-refractivity contribution >= 4 is 15.9 Å². The van der Waals surface area contributed by atoms with Gasteiger partial charge in [0.25, 0.3) is 0 Å². The summed E-state index contributed by atoms with van der Waals surface area (Å²) >= 11 is 3.52. The Morgan fingerprint density at radius 1 is 1.15 bits per heavy atom. The van der Waals surface area contributed by atoms with E-state index in [-0.39, 0.29) is 0 Å². The molecule has 1 N–H and O–H groups in total. The molecule has 0 aliphatic carbocycles. The van der Waals surface area contributed by atoms with Crippen LogP contribution >= 0.6 is 15.9 Å². The largest absolute Gasteiger partial charge is 0.311 e. The first-order valence-electron chi connectivity index (χ1n) is 7.99. The van der Waals surface area contributed by atoms with Gasteiger partial charge < -0.3 is 5.32 Å². The van der Waals surface area contributed by atoms with Crippen molar-refractivity contribution in [3.05, 3.63) is 34.3 Å². The number of nitrogens with one attached hydrogen (secondary N) is 1. The number of nitrogens with zero attached hydrogens (tertiary/aromatic N) is 1. The number of fused-ring (bicyclic) bond motifs is 2. The molecule has 3 rings (SSSR count). The minimum Gasteiger partial charge on any atom is -0.311 e. The Morgan fingerprint density at radius 2 is 1.80 bits per heavy atom. The Kier molecular flexibility index (Phi) is 4.79. The van der Waals surface area contributed by atoms with Crippen LogP contribution in [0.5, 0.6) is 0 Å². The Bertz CT molecular complexity index is 419. The molecule has 2 atom stereocenters. The summed E-state index contributed by atoms with van der Waals surface area (Å²) in [6.45, 7) is 4.62. The number of piperidine rings is 1. The van der Waals surface area contributed by atoms with E-state index in [4.69, 9.17) is 0 Å². The quantitative estimate of drug-likeness (QED) is 0.875. The van der Waals surface area contributed by atoms with Gasteiger partial charge in [-0.3, -0.25) is 4.90 Å². The number of rotatable bonds is 5. The minimum atomic E-state index is 0.775. The standard InChI is InChI=1S/C17H25BrN2/c1-2-9-20(12-13-3-5-14(18)6-4-13)17-10-15-7-8-16(11-17)19-15/h3-6,15-17,19H,2,7-12H2,1H3. The molecule has 2 heterocycles. The van der Waals surface area contributed by atoms with Crippen LogP contribution in [-0.4, -0.2) is 29.6 Å². The maximum atomic E-state index is 3.76. The number of hydrogen-bond acceptors (Lipinski definition) is 2. The van der Waals surface area contributed by atoms with Crippen molar-refractivity contribution in [2.45, 2.75) is 63.7 Å². The summed E-state index contributed by atoms with van der Waals surface area (Å²) in [5.74, 6) is 0. The molecule has 1 aromatic rings. The van der Waals surface area contributed by atoms with Gasteiger partial charge in [-0.05, 0) is 56.3 Å². The van der Waals surface area contributed by atoms with Crippen LogP contribution in [0.2, 0.25) is 0 Å². The van der Waals surface area contributed by atoms with Gasteiger partial charge in [0.2, 0.25) is 0 Å². The normalized spacial score (nSPS) is 29.1. The van der Waals surface area contributed by atoms with Crippen LogP contribution in [0.4, 0.5) is 0 Å². The average molecular weight is 337 g/mol. The van der Waals surface area contributed by atoms with E-state index in [0.717, 1.165) is 24.7 Å². The van der Waals surface area contributed by atoms with Gasteiger partial charge in [-0.15, -0.1) is 0 Å². The van der Waals surface area contributed by atoms with Crippen LogP contribution in [0.15, 0.2) is 28.7 Å². The van der Waals surface area contributed by atoms with Crippen molar-refractivity contribution in [3.63, 3.8) is 0 Å². The molecule has 2 saturated heterocycles. The van der Waals surface area contributed by atoms with Crippen molar-refractivity contribution in [1.29, 1.82) is 0 Å². The maximum absolute atomic E-state index is 3.76. The Morgan fingerprint density at radius 3 is 2.40 bits per heavy atom. The smallest absolute Gasteiger partial charge is 0.0236 e. The average Bonchev–Trinajstić information content (AvgIpc) is 2.79. The zero-order chi connectivity index (χ0) is 13.9. The summed E-state index contributed by atoms with van der Waals surface area (Å²) in [6.07, 6.45) is 6.70. The first-order valence-corrected chi connectivity index (χ1v) is 8.78. The second-order valence-electron chi connectivity index (χ2n) is 6.36. The van der Waals surface area contributed by atoms with Crippen LogP contribution < -0.4 is 5.32 Å². The first kappa shape index (κ1) is 14.6. The number of halogens is 1. The monoisotopic (exact) mass is 336 g/mol. The highest BCUT2D eigenvalue weighted by Crippen LogP contribution is 2.30. The van der Waals surface area contributed by atoms with E-state index in [9.17, 15) is 0 Å². The van der Waals surface area contributed by atoms with Crippen molar-refractivity contribution in [2.24, 2.45) is 0 Å². The molecule has 110 valence electrons.